The Kier molecular flexibility index (Phi) is 3.91. The van der Waals surface area contributed by atoms with Crippen molar-refractivity contribution in [2.75, 3.05) is 0 Å². The summed E-state index contributed by atoms with van der Waals surface area (Å²) in [5.41, 5.74) is -0.704. The highest BCUT2D eigenvalue weighted by molar-refractivity contribution is 6.30. The molecule has 0 radical (unpaired) electrons. The van der Waals surface area contributed by atoms with E-state index in [0.29, 0.717) is 0 Å². The second-order valence-electron chi connectivity index (χ2n) is 5.40. The van der Waals surface area contributed by atoms with Crippen molar-refractivity contribution in [1.82, 2.24) is 9.78 Å². The van der Waals surface area contributed by atoms with Crippen molar-refractivity contribution >= 4 is 17.6 Å². The van der Waals surface area contributed by atoms with Crippen LogP contribution < -0.4 is 4.74 Å². The van der Waals surface area contributed by atoms with Crippen LogP contribution in [0.5, 0.6) is 11.5 Å². The fraction of sp³-hybridized carbons (Fsp3) is 0.286. The van der Waals surface area contributed by atoms with E-state index in [1.54, 1.807) is 20.8 Å². The van der Waals surface area contributed by atoms with Crippen LogP contribution in [0, 0.1) is 5.82 Å². The maximum atomic E-state index is 13.8. The fourth-order valence-electron chi connectivity index (χ4n) is 1.79. The summed E-state index contributed by atoms with van der Waals surface area (Å²) in [6.45, 7) is 5.41. The third-order valence-corrected chi connectivity index (χ3v) is 3.00. The number of aromatic carboxylic acids is 1. The summed E-state index contributed by atoms with van der Waals surface area (Å²) in [7, 11) is 0. The van der Waals surface area contributed by atoms with E-state index < -0.39 is 17.3 Å². The average Bonchev–Trinajstić information content (AvgIpc) is 2.78. The molecule has 0 aliphatic carbocycles. The predicted octanol–water partition coefficient (Wildman–Crippen LogP) is 3.92. The summed E-state index contributed by atoms with van der Waals surface area (Å²) >= 11 is 5.67. The summed E-state index contributed by atoms with van der Waals surface area (Å²) in [5.74, 6) is -2.16. The lowest BCUT2D eigenvalue weighted by Gasteiger charge is -2.21. The molecule has 2 aromatic rings. The van der Waals surface area contributed by atoms with E-state index in [-0.39, 0.29) is 22.2 Å². The van der Waals surface area contributed by atoms with E-state index in [9.17, 15) is 14.3 Å². The molecule has 0 aliphatic heterocycles. The zero-order chi connectivity index (χ0) is 15.8. The molecule has 0 saturated carbocycles. The first-order valence-corrected chi connectivity index (χ1v) is 6.53. The number of hydrogen-bond donors (Lipinski definition) is 1. The molecule has 0 atom stereocenters. The normalized spacial score (nSPS) is 11.5. The van der Waals surface area contributed by atoms with Gasteiger partial charge in [0.2, 0.25) is 0 Å². The van der Waals surface area contributed by atoms with Crippen molar-refractivity contribution < 1.29 is 19.0 Å². The smallest absolute Gasteiger partial charge is 0.358 e. The maximum Gasteiger partial charge on any atom is 0.358 e. The zero-order valence-corrected chi connectivity index (χ0v) is 12.5. The molecular weight excluding hydrogens is 299 g/mol. The highest BCUT2D eigenvalue weighted by Crippen LogP contribution is 2.32. The number of carboxylic acid groups (broad SMARTS) is 1. The molecular formula is C14H14ClFN2O3. The minimum Gasteiger partial charge on any atom is -0.476 e. The van der Waals surface area contributed by atoms with Gasteiger partial charge in [-0.2, -0.15) is 5.10 Å². The van der Waals surface area contributed by atoms with Gasteiger partial charge < -0.3 is 9.84 Å². The number of carboxylic acids is 1. The number of carbonyl (C=O) groups is 1. The summed E-state index contributed by atoms with van der Waals surface area (Å²) < 4.78 is 20.5. The summed E-state index contributed by atoms with van der Waals surface area (Å²) in [6, 6.07) is 4.25. The molecule has 21 heavy (non-hydrogen) atoms. The lowest BCUT2D eigenvalue weighted by atomic mass is 10.1. The third-order valence-electron chi connectivity index (χ3n) is 2.71. The quantitative estimate of drug-likeness (QED) is 0.933. The fourth-order valence-corrected chi connectivity index (χ4v) is 1.96. The number of halogens is 2. The molecule has 0 fully saturated rings. The summed E-state index contributed by atoms with van der Waals surface area (Å²) in [6.07, 6.45) is 1.25. The Balaban J connectivity index is 2.48. The van der Waals surface area contributed by atoms with Gasteiger partial charge >= 0.3 is 5.97 Å². The molecule has 0 aliphatic rings. The molecule has 0 unspecified atom stereocenters. The zero-order valence-electron chi connectivity index (χ0n) is 11.7. The highest BCUT2D eigenvalue weighted by Gasteiger charge is 2.27. The van der Waals surface area contributed by atoms with Crippen LogP contribution in [0.2, 0.25) is 5.02 Å². The van der Waals surface area contributed by atoms with E-state index in [0.717, 1.165) is 0 Å². The number of hydrogen-bond acceptors (Lipinski definition) is 3. The largest absolute Gasteiger partial charge is 0.476 e. The Morgan fingerprint density at radius 2 is 2.05 bits per heavy atom. The minimum absolute atomic E-state index is 0.0430. The van der Waals surface area contributed by atoms with Gasteiger partial charge in [-0.25, -0.2) is 13.9 Å². The molecule has 0 saturated heterocycles. The van der Waals surface area contributed by atoms with Gasteiger partial charge in [-0.05, 0) is 32.9 Å². The minimum atomic E-state index is -1.21. The van der Waals surface area contributed by atoms with Gasteiger partial charge in [-0.15, -0.1) is 0 Å². The Bertz CT molecular complexity index is 692. The first-order chi connectivity index (χ1) is 9.71. The van der Waals surface area contributed by atoms with Crippen molar-refractivity contribution in [1.29, 1.82) is 0 Å². The topological polar surface area (TPSA) is 64.4 Å². The van der Waals surface area contributed by atoms with Gasteiger partial charge in [0.1, 0.15) is 0 Å². The van der Waals surface area contributed by atoms with E-state index in [1.165, 1.54) is 29.1 Å². The van der Waals surface area contributed by atoms with Gasteiger partial charge in [0.15, 0.2) is 23.0 Å². The molecule has 112 valence electrons. The second kappa shape index (κ2) is 5.37. The van der Waals surface area contributed by atoms with Gasteiger partial charge in [0.05, 0.1) is 16.8 Å². The van der Waals surface area contributed by atoms with Crippen molar-refractivity contribution in [2.24, 2.45) is 0 Å². The molecule has 1 heterocycles. The van der Waals surface area contributed by atoms with Crippen molar-refractivity contribution in [3.05, 3.63) is 40.9 Å². The molecule has 1 N–H and O–H groups in total. The van der Waals surface area contributed by atoms with Crippen LogP contribution in [0.1, 0.15) is 31.3 Å². The molecule has 0 bridgehead atoms. The standard InChI is InChI=1S/C14H14ClFN2O3/c1-14(2,3)18-12(13(19)20)10(7-17-18)21-9-6-4-5-8(15)11(9)16/h4-7H,1-3H3,(H,19,20). The first-order valence-electron chi connectivity index (χ1n) is 6.15. The van der Waals surface area contributed by atoms with E-state index >= 15 is 0 Å². The molecule has 1 aromatic heterocycles. The van der Waals surface area contributed by atoms with Crippen molar-refractivity contribution in [2.45, 2.75) is 26.3 Å². The predicted molar refractivity (Wildman–Crippen MR) is 75.7 cm³/mol. The number of nitrogens with zero attached hydrogens (tertiary/aromatic N) is 2. The monoisotopic (exact) mass is 312 g/mol. The first kappa shape index (κ1) is 15.3. The van der Waals surface area contributed by atoms with Crippen molar-refractivity contribution in [3.8, 4) is 11.5 Å². The lowest BCUT2D eigenvalue weighted by molar-refractivity contribution is 0.0671. The molecule has 7 heteroatoms. The van der Waals surface area contributed by atoms with Gasteiger partial charge in [0.25, 0.3) is 0 Å². The second-order valence-corrected chi connectivity index (χ2v) is 5.81. The average molecular weight is 313 g/mol. The maximum absolute atomic E-state index is 13.8. The number of benzene rings is 1. The van der Waals surface area contributed by atoms with Crippen LogP contribution in [0.15, 0.2) is 24.4 Å². The van der Waals surface area contributed by atoms with E-state index in [4.69, 9.17) is 16.3 Å². The Morgan fingerprint density at radius 3 is 2.62 bits per heavy atom. The Labute approximate surface area is 125 Å². The van der Waals surface area contributed by atoms with Gasteiger partial charge in [0, 0.05) is 0 Å². The SMILES string of the molecule is CC(C)(C)n1ncc(Oc2cccc(Cl)c2F)c1C(=O)O. The van der Waals surface area contributed by atoms with Crippen LogP contribution in [0.3, 0.4) is 0 Å². The molecule has 5 nitrogen and oxygen atoms in total. The number of aromatic nitrogens is 2. The molecule has 0 amide bonds. The number of ether oxygens (including phenoxy) is 1. The highest BCUT2D eigenvalue weighted by atomic mass is 35.5. The molecule has 2 rings (SSSR count). The van der Waals surface area contributed by atoms with Crippen LogP contribution >= 0.6 is 11.6 Å². The Morgan fingerprint density at radius 1 is 1.38 bits per heavy atom. The van der Waals surface area contributed by atoms with Gasteiger partial charge in [-0.1, -0.05) is 17.7 Å². The summed E-state index contributed by atoms with van der Waals surface area (Å²) in [4.78, 5) is 11.4. The molecule has 0 spiro atoms. The van der Waals surface area contributed by atoms with Crippen LogP contribution in [0.25, 0.3) is 0 Å². The number of rotatable bonds is 3. The van der Waals surface area contributed by atoms with E-state index in [1.807, 2.05) is 0 Å². The lowest BCUT2D eigenvalue weighted by Crippen LogP contribution is -2.27. The van der Waals surface area contributed by atoms with E-state index in [2.05, 4.69) is 5.10 Å². The molecule has 1 aromatic carbocycles. The van der Waals surface area contributed by atoms with Crippen LogP contribution in [-0.4, -0.2) is 20.9 Å². The van der Waals surface area contributed by atoms with Crippen LogP contribution in [0.4, 0.5) is 4.39 Å². The summed E-state index contributed by atoms with van der Waals surface area (Å²) in [5, 5.41) is 13.2. The van der Waals surface area contributed by atoms with Crippen molar-refractivity contribution in [3.63, 3.8) is 0 Å². The van der Waals surface area contributed by atoms with Gasteiger partial charge in [-0.3, -0.25) is 0 Å². The Hall–Kier alpha value is -2.08. The third kappa shape index (κ3) is 3.00. The van der Waals surface area contributed by atoms with Crippen LogP contribution in [-0.2, 0) is 5.54 Å².